The summed E-state index contributed by atoms with van der Waals surface area (Å²) in [4.78, 5) is 24.9. The Labute approximate surface area is 112 Å². The Morgan fingerprint density at radius 2 is 2.05 bits per heavy atom. The summed E-state index contributed by atoms with van der Waals surface area (Å²) in [6.07, 6.45) is 1.45. The van der Waals surface area contributed by atoms with Crippen LogP contribution in [0, 0.1) is 0 Å². The van der Waals surface area contributed by atoms with Crippen molar-refractivity contribution in [2.24, 2.45) is 0 Å². The van der Waals surface area contributed by atoms with E-state index in [9.17, 15) is 9.59 Å². The molecule has 0 amide bonds. The topological polar surface area (TPSA) is 71.8 Å². The minimum atomic E-state index is -1.11. The third-order valence-electron chi connectivity index (χ3n) is 3.08. The summed E-state index contributed by atoms with van der Waals surface area (Å²) in [5, 5.41) is 9.12. The third-order valence-corrected chi connectivity index (χ3v) is 3.08. The maximum absolute atomic E-state index is 11.6. The zero-order valence-electron chi connectivity index (χ0n) is 11.5. The van der Waals surface area contributed by atoms with Gasteiger partial charge in [-0.05, 0) is 13.1 Å². The average molecular weight is 268 g/mol. The van der Waals surface area contributed by atoms with E-state index in [0.717, 1.165) is 25.7 Å². The molecule has 0 fully saturated rings. The third kappa shape index (κ3) is 3.82. The number of carboxylic acids is 1. The van der Waals surface area contributed by atoms with E-state index in [1.54, 1.807) is 4.57 Å². The predicted molar refractivity (Wildman–Crippen MR) is 72.0 cm³/mol. The molecule has 0 atom stereocenters. The van der Waals surface area contributed by atoms with Crippen molar-refractivity contribution in [3.05, 3.63) is 28.2 Å². The van der Waals surface area contributed by atoms with Crippen LogP contribution in [0.25, 0.3) is 0 Å². The van der Waals surface area contributed by atoms with Crippen molar-refractivity contribution in [1.82, 2.24) is 9.47 Å². The first-order chi connectivity index (χ1) is 9.03. The van der Waals surface area contributed by atoms with Gasteiger partial charge in [0.05, 0.1) is 13.3 Å². The van der Waals surface area contributed by atoms with Crippen molar-refractivity contribution in [2.75, 3.05) is 26.7 Å². The van der Waals surface area contributed by atoms with E-state index in [0.29, 0.717) is 6.54 Å². The molecule has 0 unspecified atom stereocenters. The van der Waals surface area contributed by atoms with E-state index in [1.807, 2.05) is 13.8 Å². The van der Waals surface area contributed by atoms with E-state index in [2.05, 4.69) is 4.90 Å². The summed E-state index contributed by atoms with van der Waals surface area (Å²) in [5.74, 6) is -0.955. The summed E-state index contributed by atoms with van der Waals surface area (Å²) in [6, 6.07) is 1.10. The van der Waals surface area contributed by atoms with Crippen molar-refractivity contribution in [1.29, 1.82) is 0 Å². The highest BCUT2D eigenvalue weighted by atomic mass is 16.5. The van der Waals surface area contributed by atoms with Crippen LogP contribution in [0.15, 0.2) is 17.1 Å². The van der Waals surface area contributed by atoms with Gasteiger partial charge in [-0.3, -0.25) is 4.79 Å². The van der Waals surface area contributed by atoms with Gasteiger partial charge in [-0.25, -0.2) is 4.79 Å². The fourth-order valence-corrected chi connectivity index (χ4v) is 1.86. The Bertz CT molecular complexity index is 492. The number of hydrogen-bond donors (Lipinski definition) is 1. The molecular formula is C13H20N2O4. The van der Waals surface area contributed by atoms with E-state index in [-0.39, 0.29) is 11.4 Å². The summed E-state index contributed by atoms with van der Waals surface area (Å²) < 4.78 is 6.48. The highest BCUT2D eigenvalue weighted by molar-refractivity contribution is 5.85. The minimum absolute atomic E-state index is 0.0158. The maximum Gasteiger partial charge on any atom is 0.352 e. The quantitative estimate of drug-likeness (QED) is 0.795. The first-order valence-electron chi connectivity index (χ1n) is 6.27. The molecule has 0 saturated heterocycles. The van der Waals surface area contributed by atoms with Gasteiger partial charge in [0.2, 0.25) is 5.43 Å². The molecule has 1 N–H and O–H groups in total. The molecule has 0 aliphatic carbocycles. The van der Waals surface area contributed by atoms with Crippen LogP contribution in [0.1, 0.15) is 24.3 Å². The van der Waals surface area contributed by atoms with Gasteiger partial charge in [0.15, 0.2) is 5.75 Å². The zero-order valence-corrected chi connectivity index (χ0v) is 11.5. The second-order valence-electron chi connectivity index (χ2n) is 4.12. The van der Waals surface area contributed by atoms with Crippen LogP contribution in [-0.4, -0.2) is 47.3 Å². The van der Waals surface area contributed by atoms with Gasteiger partial charge in [0.25, 0.3) is 0 Å². The fourth-order valence-electron chi connectivity index (χ4n) is 1.86. The number of carboxylic acid groups (broad SMARTS) is 1. The molecule has 1 aromatic rings. The van der Waals surface area contributed by atoms with Crippen molar-refractivity contribution in [2.45, 2.75) is 20.4 Å². The van der Waals surface area contributed by atoms with Gasteiger partial charge >= 0.3 is 5.97 Å². The smallest absolute Gasteiger partial charge is 0.352 e. The second kappa shape index (κ2) is 6.94. The largest absolute Gasteiger partial charge is 0.491 e. The number of likely N-dealkylation sites (N-methyl/N-ethyl adjacent to an activating group) is 1. The number of ether oxygens (including phenoxy) is 1. The van der Waals surface area contributed by atoms with Crippen molar-refractivity contribution >= 4 is 5.97 Å². The Morgan fingerprint density at radius 1 is 1.42 bits per heavy atom. The molecule has 0 radical (unpaired) electrons. The van der Waals surface area contributed by atoms with Gasteiger partial charge in [-0.1, -0.05) is 13.8 Å². The lowest BCUT2D eigenvalue weighted by molar-refractivity contribution is 0.0682. The van der Waals surface area contributed by atoms with Crippen LogP contribution in [0.3, 0.4) is 0 Å². The molecule has 19 heavy (non-hydrogen) atoms. The van der Waals surface area contributed by atoms with Crippen LogP contribution < -0.4 is 10.2 Å². The molecule has 1 aromatic heterocycles. The Kier molecular flexibility index (Phi) is 5.57. The summed E-state index contributed by atoms with van der Waals surface area (Å²) >= 11 is 0. The number of aromatic nitrogens is 1. The molecule has 106 valence electrons. The summed E-state index contributed by atoms with van der Waals surface area (Å²) in [6.45, 7) is 7.12. The second-order valence-corrected chi connectivity index (χ2v) is 4.12. The SMILES string of the molecule is CCN(CC)CCn1cc(OC)c(=O)cc1C(=O)O. The molecule has 0 aliphatic heterocycles. The number of methoxy groups -OCH3 is 1. The molecule has 1 heterocycles. The monoisotopic (exact) mass is 268 g/mol. The first kappa shape index (κ1) is 15.2. The number of nitrogens with zero attached hydrogens (tertiary/aromatic N) is 2. The molecule has 6 heteroatoms. The summed E-state index contributed by atoms with van der Waals surface area (Å²) in [5.41, 5.74) is -0.433. The first-order valence-corrected chi connectivity index (χ1v) is 6.27. The van der Waals surface area contributed by atoms with Crippen molar-refractivity contribution in [3.63, 3.8) is 0 Å². The number of rotatable bonds is 7. The van der Waals surface area contributed by atoms with Gasteiger partial charge in [0.1, 0.15) is 5.69 Å². The lowest BCUT2D eigenvalue weighted by Crippen LogP contribution is -2.29. The molecule has 0 spiro atoms. The standard InChI is InChI=1S/C13H20N2O4/c1-4-14(5-2)6-7-15-9-12(19-3)11(16)8-10(15)13(17)18/h8-9H,4-7H2,1-3H3,(H,17,18). The molecule has 6 nitrogen and oxygen atoms in total. The molecule has 0 aromatic carbocycles. The lowest BCUT2D eigenvalue weighted by Gasteiger charge is -2.20. The van der Waals surface area contributed by atoms with Gasteiger partial charge in [0, 0.05) is 19.2 Å². The van der Waals surface area contributed by atoms with Crippen LogP contribution in [0.2, 0.25) is 0 Å². The molecule has 0 aliphatic rings. The van der Waals surface area contributed by atoms with Crippen LogP contribution in [0.4, 0.5) is 0 Å². The van der Waals surface area contributed by atoms with Gasteiger partial charge in [-0.15, -0.1) is 0 Å². The van der Waals surface area contributed by atoms with Crippen LogP contribution in [-0.2, 0) is 6.54 Å². The maximum atomic E-state index is 11.6. The van der Waals surface area contributed by atoms with E-state index in [1.165, 1.54) is 13.3 Å². The fraction of sp³-hybridized carbons (Fsp3) is 0.538. The van der Waals surface area contributed by atoms with E-state index in [4.69, 9.17) is 9.84 Å². The predicted octanol–water partition coefficient (Wildman–Crippen LogP) is 0.897. The van der Waals surface area contributed by atoms with Crippen molar-refractivity contribution < 1.29 is 14.6 Å². The number of aromatic carboxylic acids is 1. The van der Waals surface area contributed by atoms with E-state index < -0.39 is 11.4 Å². The van der Waals surface area contributed by atoms with Gasteiger partial charge in [-0.2, -0.15) is 0 Å². The molecular weight excluding hydrogens is 248 g/mol. The average Bonchev–Trinajstić information content (AvgIpc) is 2.40. The zero-order chi connectivity index (χ0) is 14.4. The summed E-state index contributed by atoms with van der Waals surface area (Å²) in [7, 11) is 1.39. The Hall–Kier alpha value is -1.82. The molecule has 0 saturated carbocycles. The number of carbonyl (C=O) groups is 1. The Morgan fingerprint density at radius 3 is 2.53 bits per heavy atom. The molecule has 1 rings (SSSR count). The number of pyridine rings is 1. The lowest BCUT2D eigenvalue weighted by atomic mass is 10.3. The van der Waals surface area contributed by atoms with Crippen molar-refractivity contribution in [3.8, 4) is 5.75 Å². The van der Waals surface area contributed by atoms with Gasteiger partial charge < -0.3 is 19.3 Å². The van der Waals surface area contributed by atoms with E-state index >= 15 is 0 Å². The highest BCUT2D eigenvalue weighted by Crippen LogP contribution is 2.07. The van der Waals surface area contributed by atoms with Crippen LogP contribution >= 0.6 is 0 Å². The minimum Gasteiger partial charge on any atom is -0.491 e. The Balaban J connectivity index is 3.03. The molecule has 0 bridgehead atoms. The number of hydrogen-bond acceptors (Lipinski definition) is 4. The highest BCUT2D eigenvalue weighted by Gasteiger charge is 2.13. The normalized spacial score (nSPS) is 10.7. The van der Waals surface area contributed by atoms with Crippen LogP contribution in [0.5, 0.6) is 5.75 Å².